The first kappa shape index (κ1) is 26.8. The second-order valence-electron chi connectivity index (χ2n) is 8.99. The molecule has 0 bridgehead atoms. The van der Waals surface area contributed by atoms with Crippen molar-refractivity contribution < 1.29 is 14.3 Å². The number of benzene rings is 3. The van der Waals surface area contributed by atoms with E-state index in [0.717, 1.165) is 27.6 Å². The van der Waals surface area contributed by atoms with Crippen molar-refractivity contribution in [3.8, 4) is 5.75 Å². The molecule has 10 heteroatoms. The van der Waals surface area contributed by atoms with Crippen LogP contribution in [-0.4, -0.2) is 38.4 Å². The summed E-state index contributed by atoms with van der Waals surface area (Å²) in [6.45, 7) is 4.00. The molecule has 2 amide bonds. The van der Waals surface area contributed by atoms with Gasteiger partial charge >= 0.3 is 0 Å². The molecule has 8 nitrogen and oxygen atoms in total. The Morgan fingerprint density at radius 2 is 1.62 bits per heavy atom. The number of anilines is 2. The lowest BCUT2D eigenvalue weighted by atomic mass is 10.2. The highest BCUT2D eigenvalue weighted by molar-refractivity contribution is 8.00. The van der Waals surface area contributed by atoms with Gasteiger partial charge in [-0.25, -0.2) is 0 Å². The number of aromatic nitrogens is 3. The molecule has 4 aromatic rings. The fourth-order valence-corrected chi connectivity index (χ4v) is 6.00. The van der Waals surface area contributed by atoms with Crippen LogP contribution in [0.15, 0.2) is 87.7 Å². The molecular weight excluding hydrogens is 530 g/mol. The van der Waals surface area contributed by atoms with Crippen LogP contribution in [0.2, 0.25) is 0 Å². The molecule has 0 unspecified atom stereocenters. The van der Waals surface area contributed by atoms with E-state index in [2.05, 4.69) is 22.4 Å². The van der Waals surface area contributed by atoms with Gasteiger partial charge in [-0.1, -0.05) is 66.8 Å². The molecule has 0 radical (unpaired) electrons. The number of amides is 2. The predicted octanol–water partition coefficient (Wildman–Crippen LogP) is 5.38. The van der Waals surface area contributed by atoms with E-state index in [1.807, 2.05) is 79.8 Å². The second-order valence-corrected chi connectivity index (χ2v) is 11.0. The average molecular weight is 560 g/mol. The van der Waals surface area contributed by atoms with E-state index in [-0.39, 0.29) is 24.1 Å². The van der Waals surface area contributed by atoms with E-state index in [1.54, 1.807) is 28.2 Å². The van der Waals surface area contributed by atoms with Crippen LogP contribution in [0, 0.1) is 0 Å². The molecule has 1 aromatic heterocycles. The highest BCUT2D eigenvalue weighted by Gasteiger charge is 2.28. The number of nitrogens with one attached hydrogen (secondary N) is 1. The van der Waals surface area contributed by atoms with Gasteiger partial charge in [-0.15, -0.1) is 10.2 Å². The maximum atomic E-state index is 13.5. The minimum Gasteiger partial charge on any atom is -0.481 e. The van der Waals surface area contributed by atoms with E-state index < -0.39 is 6.10 Å². The molecule has 2 heterocycles. The highest BCUT2D eigenvalue weighted by atomic mass is 32.2. The number of carbonyl (C=O) groups excluding carboxylic acids is 2. The average Bonchev–Trinajstić information content (AvgIpc) is 3.32. The molecule has 0 aliphatic carbocycles. The van der Waals surface area contributed by atoms with Crippen LogP contribution in [0.3, 0.4) is 0 Å². The molecule has 0 fully saturated rings. The third kappa shape index (κ3) is 5.97. The van der Waals surface area contributed by atoms with Gasteiger partial charge in [0.2, 0.25) is 5.91 Å². The van der Waals surface area contributed by atoms with Crippen LogP contribution in [0.1, 0.15) is 25.2 Å². The number of aryl methyl sites for hydroxylation is 1. The van der Waals surface area contributed by atoms with Gasteiger partial charge in [-0.2, -0.15) is 0 Å². The lowest BCUT2D eigenvalue weighted by molar-refractivity contribution is -0.127. The van der Waals surface area contributed by atoms with Gasteiger partial charge in [0.1, 0.15) is 5.75 Å². The Morgan fingerprint density at radius 3 is 2.26 bits per heavy atom. The van der Waals surface area contributed by atoms with Crippen molar-refractivity contribution in [1.82, 2.24) is 20.1 Å². The Balaban J connectivity index is 1.19. The van der Waals surface area contributed by atoms with Crippen LogP contribution >= 0.6 is 23.5 Å². The highest BCUT2D eigenvalue weighted by Crippen LogP contribution is 2.48. The quantitative estimate of drug-likeness (QED) is 0.275. The monoisotopic (exact) mass is 559 g/mol. The molecule has 1 aliphatic rings. The number of carbonyl (C=O) groups is 2. The standard InChI is InChI=1S/C29H29N5O3S2/c1-4-20-13-15-21(16-14-20)37-19(2)28(36)30-17-26-31-32-29(33(26)3)38-18-27(35)34-22-9-5-7-11-24(22)39-25-12-8-6-10-23(25)34/h5-16,19H,4,17-18H2,1-3H3,(H,30,36)/t19-/m1/s1. The third-order valence-electron chi connectivity index (χ3n) is 6.37. The number of hydrogen-bond donors (Lipinski definition) is 1. The predicted molar refractivity (Wildman–Crippen MR) is 154 cm³/mol. The van der Waals surface area contributed by atoms with Gasteiger partial charge in [-0.3, -0.25) is 14.5 Å². The van der Waals surface area contributed by atoms with Crippen LogP contribution in [0.25, 0.3) is 0 Å². The first-order valence-corrected chi connectivity index (χ1v) is 14.5. The van der Waals surface area contributed by atoms with Crippen LogP contribution in [0.4, 0.5) is 11.4 Å². The zero-order valence-corrected chi connectivity index (χ0v) is 23.6. The Kier molecular flexibility index (Phi) is 8.23. The smallest absolute Gasteiger partial charge is 0.261 e. The number of ether oxygens (including phenoxy) is 1. The normalized spacial score (nSPS) is 12.8. The maximum Gasteiger partial charge on any atom is 0.261 e. The van der Waals surface area contributed by atoms with Gasteiger partial charge < -0.3 is 14.6 Å². The third-order valence-corrected chi connectivity index (χ3v) is 8.50. The summed E-state index contributed by atoms with van der Waals surface area (Å²) in [6.07, 6.45) is 0.285. The van der Waals surface area contributed by atoms with Crippen LogP contribution < -0.4 is 15.0 Å². The van der Waals surface area contributed by atoms with Crippen molar-refractivity contribution in [2.75, 3.05) is 10.7 Å². The first-order chi connectivity index (χ1) is 18.9. The molecule has 0 saturated carbocycles. The van der Waals surface area contributed by atoms with Gasteiger partial charge in [0, 0.05) is 16.8 Å². The van der Waals surface area contributed by atoms with Crippen molar-refractivity contribution in [2.45, 2.75) is 47.9 Å². The van der Waals surface area contributed by atoms with E-state index in [0.29, 0.717) is 16.7 Å². The zero-order valence-electron chi connectivity index (χ0n) is 22.0. The van der Waals surface area contributed by atoms with E-state index in [1.165, 1.54) is 17.3 Å². The van der Waals surface area contributed by atoms with E-state index in [9.17, 15) is 9.59 Å². The second kappa shape index (κ2) is 12.0. The van der Waals surface area contributed by atoms with E-state index in [4.69, 9.17) is 4.74 Å². The summed E-state index contributed by atoms with van der Waals surface area (Å²) in [5.74, 6) is 1.13. The summed E-state index contributed by atoms with van der Waals surface area (Å²) < 4.78 is 7.56. The minimum absolute atomic E-state index is 0.0454. The minimum atomic E-state index is -0.661. The summed E-state index contributed by atoms with van der Waals surface area (Å²) in [4.78, 5) is 29.9. The SMILES string of the molecule is CCc1ccc(O[C@H](C)C(=O)NCc2nnc(SCC(=O)N3c4ccccc4Sc4ccccc43)n2C)cc1. The summed E-state index contributed by atoms with van der Waals surface area (Å²) in [7, 11) is 1.83. The lowest BCUT2D eigenvalue weighted by Gasteiger charge is -2.30. The molecule has 1 aliphatic heterocycles. The van der Waals surface area contributed by atoms with Crippen molar-refractivity contribution in [1.29, 1.82) is 0 Å². The largest absolute Gasteiger partial charge is 0.481 e. The number of para-hydroxylation sites is 2. The van der Waals surface area contributed by atoms with Crippen LogP contribution in [-0.2, 0) is 29.6 Å². The van der Waals surface area contributed by atoms with Crippen molar-refractivity contribution in [2.24, 2.45) is 7.05 Å². The van der Waals surface area contributed by atoms with Crippen LogP contribution in [0.5, 0.6) is 5.75 Å². The summed E-state index contributed by atoms with van der Waals surface area (Å²) in [6, 6.07) is 23.6. The summed E-state index contributed by atoms with van der Waals surface area (Å²) in [5, 5.41) is 11.9. The lowest BCUT2D eigenvalue weighted by Crippen LogP contribution is -2.36. The topological polar surface area (TPSA) is 89.3 Å². The first-order valence-electron chi connectivity index (χ1n) is 12.7. The zero-order chi connectivity index (χ0) is 27.4. The molecule has 5 rings (SSSR count). The Bertz CT molecular complexity index is 1440. The molecule has 39 heavy (non-hydrogen) atoms. The van der Waals surface area contributed by atoms with E-state index >= 15 is 0 Å². The van der Waals surface area contributed by atoms with Gasteiger partial charge in [0.25, 0.3) is 5.91 Å². The fraction of sp³-hybridized carbons (Fsp3) is 0.241. The Morgan fingerprint density at radius 1 is 0.974 bits per heavy atom. The molecule has 200 valence electrons. The summed E-state index contributed by atoms with van der Waals surface area (Å²) in [5.41, 5.74) is 2.97. The molecular formula is C29H29N5O3S2. The van der Waals surface area contributed by atoms with Crippen molar-refractivity contribution in [3.63, 3.8) is 0 Å². The molecule has 1 atom stereocenters. The molecule has 0 saturated heterocycles. The number of thioether (sulfide) groups is 1. The van der Waals surface area contributed by atoms with Gasteiger partial charge in [0.15, 0.2) is 17.1 Å². The Labute approximate surface area is 236 Å². The number of fused-ring (bicyclic) bond motifs is 2. The fourth-order valence-electron chi connectivity index (χ4n) is 4.16. The summed E-state index contributed by atoms with van der Waals surface area (Å²) >= 11 is 2.98. The maximum absolute atomic E-state index is 13.5. The molecule has 3 aromatic carbocycles. The number of nitrogens with zero attached hydrogens (tertiary/aromatic N) is 4. The van der Waals surface area contributed by atoms with Gasteiger partial charge in [-0.05, 0) is 55.3 Å². The van der Waals surface area contributed by atoms with Crippen molar-refractivity contribution >= 4 is 46.7 Å². The molecule has 1 N–H and O–H groups in total. The number of hydrogen-bond acceptors (Lipinski definition) is 7. The Hall–Kier alpha value is -3.76. The van der Waals surface area contributed by atoms with Crippen molar-refractivity contribution in [3.05, 3.63) is 84.2 Å². The molecule has 0 spiro atoms. The van der Waals surface area contributed by atoms with Gasteiger partial charge in [0.05, 0.1) is 23.7 Å². The number of rotatable bonds is 9.